The van der Waals surface area contributed by atoms with Crippen LogP contribution >= 0.6 is 0 Å². The third-order valence-electron chi connectivity index (χ3n) is 6.66. The van der Waals surface area contributed by atoms with Crippen LogP contribution in [0.25, 0.3) is 11.1 Å². The van der Waals surface area contributed by atoms with Gasteiger partial charge in [-0.2, -0.15) is 0 Å². The number of aliphatic hydroxyl groups is 1. The quantitative estimate of drug-likeness (QED) is 0.673. The van der Waals surface area contributed by atoms with Gasteiger partial charge in [0.25, 0.3) is 0 Å². The van der Waals surface area contributed by atoms with E-state index in [0.717, 1.165) is 16.7 Å². The number of hydrogen-bond acceptors (Lipinski definition) is 3. The molecule has 3 atom stereocenters. The number of piperazine rings is 1. The maximum absolute atomic E-state index is 13.9. The topological polar surface area (TPSA) is 60.9 Å². The molecule has 2 aliphatic rings. The standard InChI is InChI=1S/C27H32N2O3/c1-4-14-27-16-23(30)18-29(27)25(31)24(15-19(2)3)28(26(27)32)17-20-10-12-22(13-11-20)21-8-6-5-7-9-21/h4-13,19,23-24,30H,1,14-18H2,2-3H3/t23-,24?,27?/m1/s1. The van der Waals surface area contributed by atoms with Crippen LogP contribution in [0, 0.1) is 5.92 Å². The number of β-amino-alcohol motifs (C(OH)–C–C–N with tert-alkyl or cyclic N) is 1. The molecule has 0 aliphatic carbocycles. The molecule has 5 heteroatoms. The van der Waals surface area contributed by atoms with E-state index in [0.29, 0.717) is 19.4 Å². The Morgan fingerprint density at radius 3 is 2.38 bits per heavy atom. The van der Waals surface area contributed by atoms with Gasteiger partial charge in [-0.1, -0.05) is 74.5 Å². The summed E-state index contributed by atoms with van der Waals surface area (Å²) in [6, 6.07) is 17.8. The molecular weight excluding hydrogens is 400 g/mol. The number of fused-ring (bicyclic) bond motifs is 1. The van der Waals surface area contributed by atoms with Gasteiger partial charge in [0.15, 0.2) is 0 Å². The zero-order chi connectivity index (χ0) is 22.9. The molecular formula is C27H32N2O3. The summed E-state index contributed by atoms with van der Waals surface area (Å²) in [5, 5.41) is 10.4. The highest BCUT2D eigenvalue weighted by atomic mass is 16.3. The molecule has 2 amide bonds. The minimum absolute atomic E-state index is 0.0578. The van der Waals surface area contributed by atoms with Crippen LogP contribution in [-0.4, -0.2) is 51.0 Å². The van der Waals surface area contributed by atoms with E-state index in [2.05, 4.69) is 44.7 Å². The predicted octanol–water partition coefficient (Wildman–Crippen LogP) is 4.02. The zero-order valence-electron chi connectivity index (χ0n) is 18.9. The van der Waals surface area contributed by atoms with Crippen molar-refractivity contribution in [2.24, 2.45) is 5.92 Å². The molecule has 2 heterocycles. The summed E-state index contributed by atoms with van der Waals surface area (Å²) in [6.45, 7) is 8.54. The predicted molar refractivity (Wildman–Crippen MR) is 126 cm³/mol. The van der Waals surface area contributed by atoms with Crippen molar-refractivity contribution in [2.45, 2.75) is 57.3 Å². The number of carbonyl (C=O) groups is 2. The van der Waals surface area contributed by atoms with Crippen molar-refractivity contribution in [3.05, 3.63) is 72.8 Å². The lowest BCUT2D eigenvalue weighted by atomic mass is 9.84. The molecule has 2 aromatic carbocycles. The molecule has 2 saturated heterocycles. The maximum atomic E-state index is 13.9. The minimum Gasteiger partial charge on any atom is -0.391 e. The van der Waals surface area contributed by atoms with Crippen LogP contribution < -0.4 is 0 Å². The van der Waals surface area contributed by atoms with Gasteiger partial charge in [-0.25, -0.2) is 0 Å². The van der Waals surface area contributed by atoms with Crippen LogP contribution in [0.2, 0.25) is 0 Å². The molecule has 2 fully saturated rings. The molecule has 2 aromatic rings. The number of amides is 2. The van der Waals surface area contributed by atoms with E-state index in [1.54, 1.807) is 15.9 Å². The van der Waals surface area contributed by atoms with E-state index < -0.39 is 17.7 Å². The Morgan fingerprint density at radius 1 is 1.09 bits per heavy atom. The first-order chi connectivity index (χ1) is 15.4. The number of benzene rings is 2. The van der Waals surface area contributed by atoms with E-state index in [1.165, 1.54) is 0 Å². The van der Waals surface area contributed by atoms with Crippen LogP contribution in [0.15, 0.2) is 67.3 Å². The van der Waals surface area contributed by atoms with Crippen LogP contribution in [0.5, 0.6) is 0 Å². The fourth-order valence-electron chi connectivity index (χ4n) is 5.18. The molecule has 0 spiro atoms. The van der Waals surface area contributed by atoms with E-state index in [4.69, 9.17) is 0 Å². The van der Waals surface area contributed by atoms with Gasteiger partial charge in [-0.05, 0) is 35.4 Å². The van der Waals surface area contributed by atoms with E-state index >= 15 is 0 Å². The van der Waals surface area contributed by atoms with Gasteiger partial charge < -0.3 is 14.9 Å². The summed E-state index contributed by atoms with van der Waals surface area (Å²) in [6.07, 6.45) is 2.22. The van der Waals surface area contributed by atoms with Gasteiger partial charge in [0.05, 0.1) is 6.10 Å². The molecule has 0 radical (unpaired) electrons. The summed E-state index contributed by atoms with van der Waals surface area (Å²) >= 11 is 0. The van der Waals surface area contributed by atoms with Gasteiger partial charge in [-0.3, -0.25) is 9.59 Å². The Morgan fingerprint density at radius 2 is 1.75 bits per heavy atom. The molecule has 1 N–H and O–H groups in total. The molecule has 32 heavy (non-hydrogen) atoms. The fraction of sp³-hybridized carbons (Fsp3) is 0.407. The summed E-state index contributed by atoms with van der Waals surface area (Å²) in [5.74, 6) is 0.128. The second-order valence-corrected chi connectivity index (χ2v) is 9.47. The lowest BCUT2D eigenvalue weighted by molar-refractivity contribution is -0.169. The smallest absolute Gasteiger partial charge is 0.249 e. The van der Waals surface area contributed by atoms with Gasteiger partial charge in [-0.15, -0.1) is 6.58 Å². The summed E-state index contributed by atoms with van der Waals surface area (Å²) < 4.78 is 0. The molecule has 0 bridgehead atoms. The number of carbonyl (C=O) groups excluding carboxylic acids is 2. The van der Waals surface area contributed by atoms with E-state index in [-0.39, 0.29) is 30.7 Å². The van der Waals surface area contributed by atoms with Crippen molar-refractivity contribution in [1.29, 1.82) is 0 Å². The summed E-state index contributed by atoms with van der Waals surface area (Å²) in [5.41, 5.74) is 2.22. The van der Waals surface area contributed by atoms with Crippen molar-refractivity contribution in [3.8, 4) is 11.1 Å². The van der Waals surface area contributed by atoms with E-state index in [9.17, 15) is 14.7 Å². The number of hydrogen-bond donors (Lipinski definition) is 1. The average molecular weight is 433 g/mol. The molecule has 4 rings (SSSR count). The highest BCUT2D eigenvalue weighted by Gasteiger charge is 2.59. The molecule has 5 nitrogen and oxygen atoms in total. The third kappa shape index (κ3) is 3.97. The van der Waals surface area contributed by atoms with Gasteiger partial charge in [0.1, 0.15) is 11.6 Å². The van der Waals surface area contributed by atoms with Crippen molar-refractivity contribution >= 4 is 11.8 Å². The van der Waals surface area contributed by atoms with Crippen molar-refractivity contribution in [1.82, 2.24) is 9.80 Å². The largest absolute Gasteiger partial charge is 0.391 e. The molecule has 168 valence electrons. The SMILES string of the molecule is C=CCC12C[C@@H](O)CN1C(=O)C(CC(C)C)N(Cc1ccc(-c3ccccc3)cc1)C2=O. The van der Waals surface area contributed by atoms with Crippen LogP contribution in [-0.2, 0) is 16.1 Å². The minimum atomic E-state index is -1.02. The first-order valence-electron chi connectivity index (χ1n) is 11.4. The Kier molecular flexibility index (Phi) is 6.20. The Hall–Kier alpha value is -2.92. The fourth-order valence-corrected chi connectivity index (χ4v) is 5.18. The van der Waals surface area contributed by atoms with Gasteiger partial charge in [0, 0.05) is 19.5 Å². The monoisotopic (exact) mass is 432 g/mol. The van der Waals surface area contributed by atoms with Crippen molar-refractivity contribution in [3.63, 3.8) is 0 Å². The van der Waals surface area contributed by atoms with Crippen LogP contribution in [0.1, 0.15) is 38.7 Å². The molecule has 2 aliphatic heterocycles. The lowest BCUT2D eigenvalue weighted by Gasteiger charge is -2.49. The molecule has 0 aromatic heterocycles. The number of aliphatic hydroxyl groups excluding tert-OH is 1. The van der Waals surface area contributed by atoms with Gasteiger partial charge in [0.2, 0.25) is 11.8 Å². The highest BCUT2D eigenvalue weighted by Crippen LogP contribution is 2.41. The summed E-state index contributed by atoms with van der Waals surface area (Å²) in [4.78, 5) is 30.8. The Bertz CT molecular complexity index is 986. The number of rotatable bonds is 7. The van der Waals surface area contributed by atoms with Crippen molar-refractivity contribution in [2.75, 3.05) is 6.54 Å². The van der Waals surface area contributed by atoms with E-state index in [1.807, 2.05) is 30.3 Å². The third-order valence-corrected chi connectivity index (χ3v) is 6.66. The van der Waals surface area contributed by atoms with Crippen LogP contribution in [0.3, 0.4) is 0 Å². The average Bonchev–Trinajstić information content (AvgIpc) is 3.13. The zero-order valence-corrected chi connectivity index (χ0v) is 18.9. The lowest BCUT2D eigenvalue weighted by Crippen LogP contribution is -2.69. The summed E-state index contributed by atoms with van der Waals surface area (Å²) in [7, 11) is 0. The second-order valence-electron chi connectivity index (χ2n) is 9.47. The molecule has 2 unspecified atom stereocenters. The molecule has 0 saturated carbocycles. The first kappa shape index (κ1) is 22.3. The Balaban J connectivity index is 1.65. The highest BCUT2D eigenvalue weighted by molar-refractivity contribution is 6.00. The second kappa shape index (κ2) is 8.91. The Labute approximate surface area is 190 Å². The maximum Gasteiger partial charge on any atom is 0.249 e. The first-order valence-corrected chi connectivity index (χ1v) is 11.4. The van der Waals surface area contributed by atoms with Gasteiger partial charge >= 0.3 is 0 Å². The van der Waals surface area contributed by atoms with Crippen LogP contribution in [0.4, 0.5) is 0 Å². The normalized spacial score (nSPS) is 25.4. The van der Waals surface area contributed by atoms with Crippen molar-refractivity contribution < 1.29 is 14.7 Å². The number of nitrogens with zero attached hydrogens (tertiary/aromatic N) is 2.